The zero-order chi connectivity index (χ0) is 26.8. The van der Waals surface area contributed by atoms with Crippen LogP contribution in [-0.4, -0.2) is 37.7 Å². The first kappa shape index (κ1) is 27.9. The SMILES string of the molecule is CCc1ccccc1NC(=O)C(=O)N/N=C\c1cc(I)c(OCC(=O)Nc2ccc(Cl)cc2)c(OC)c1. The number of hydrazone groups is 1. The fraction of sp³-hybridized carbons (Fsp3) is 0.154. The lowest BCUT2D eigenvalue weighted by molar-refractivity contribution is -0.136. The minimum Gasteiger partial charge on any atom is -0.493 e. The minimum atomic E-state index is -0.907. The first-order valence-corrected chi connectivity index (χ1v) is 12.5. The van der Waals surface area contributed by atoms with Crippen LogP contribution in [-0.2, 0) is 20.8 Å². The zero-order valence-electron chi connectivity index (χ0n) is 20.0. The van der Waals surface area contributed by atoms with Crippen LogP contribution < -0.4 is 25.5 Å². The molecule has 0 aromatic heterocycles. The molecule has 3 aromatic rings. The summed E-state index contributed by atoms with van der Waals surface area (Å²) in [7, 11) is 1.47. The molecule has 0 saturated carbocycles. The van der Waals surface area contributed by atoms with Crippen LogP contribution >= 0.6 is 34.2 Å². The minimum absolute atomic E-state index is 0.241. The molecule has 37 heavy (non-hydrogen) atoms. The van der Waals surface area contributed by atoms with Crippen molar-refractivity contribution in [1.82, 2.24) is 5.43 Å². The van der Waals surface area contributed by atoms with Gasteiger partial charge in [-0.3, -0.25) is 14.4 Å². The molecule has 3 amide bonds. The molecule has 3 aromatic carbocycles. The van der Waals surface area contributed by atoms with E-state index in [1.54, 1.807) is 48.5 Å². The van der Waals surface area contributed by atoms with Crippen LogP contribution in [0, 0.1) is 3.57 Å². The Balaban J connectivity index is 1.58. The van der Waals surface area contributed by atoms with Gasteiger partial charge in [-0.05, 0) is 82.6 Å². The van der Waals surface area contributed by atoms with E-state index in [1.165, 1.54) is 13.3 Å². The van der Waals surface area contributed by atoms with Crippen molar-refractivity contribution in [2.45, 2.75) is 13.3 Å². The summed E-state index contributed by atoms with van der Waals surface area (Å²) in [5.74, 6) is -1.34. The number of amides is 3. The Morgan fingerprint density at radius 3 is 2.46 bits per heavy atom. The number of nitrogens with zero attached hydrogens (tertiary/aromatic N) is 1. The van der Waals surface area contributed by atoms with Crippen LogP contribution in [0.3, 0.4) is 0 Å². The Kier molecular flexibility index (Phi) is 10.3. The Labute approximate surface area is 232 Å². The van der Waals surface area contributed by atoms with Gasteiger partial charge in [-0.15, -0.1) is 0 Å². The fourth-order valence-corrected chi connectivity index (χ4v) is 4.08. The predicted octanol–water partition coefficient (Wildman–Crippen LogP) is 4.62. The zero-order valence-corrected chi connectivity index (χ0v) is 22.9. The van der Waals surface area contributed by atoms with Gasteiger partial charge < -0.3 is 20.1 Å². The number of methoxy groups -OCH3 is 1. The molecule has 0 fully saturated rings. The van der Waals surface area contributed by atoms with Crippen molar-refractivity contribution in [2.24, 2.45) is 5.10 Å². The maximum atomic E-state index is 12.3. The summed E-state index contributed by atoms with van der Waals surface area (Å²) in [5.41, 5.74) is 4.87. The number of benzene rings is 3. The summed E-state index contributed by atoms with van der Waals surface area (Å²) in [6.45, 7) is 1.71. The molecule has 3 rings (SSSR count). The highest BCUT2D eigenvalue weighted by Gasteiger charge is 2.15. The third kappa shape index (κ3) is 8.19. The van der Waals surface area contributed by atoms with E-state index in [9.17, 15) is 14.4 Å². The second-order valence-electron chi connectivity index (χ2n) is 7.54. The molecule has 0 aliphatic carbocycles. The molecule has 0 radical (unpaired) electrons. The van der Waals surface area contributed by atoms with E-state index in [2.05, 4.69) is 21.2 Å². The molecule has 11 heteroatoms. The molecule has 0 aliphatic rings. The molecule has 9 nitrogen and oxygen atoms in total. The highest BCUT2D eigenvalue weighted by Crippen LogP contribution is 2.33. The highest BCUT2D eigenvalue weighted by atomic mass is 127. The van der Waals surface area contributed by atoms with Crippen molar-refractivity contribution in [3.8, 4) is 11.5 Å². The van der Waals surface area contributed by atoms with Crippen LogP contribution in [0.4, 0.5) is 11.4 Å². The Bertz CT molecular complexity index is 1310. The number of rotatable bonds is 9. The molecule has 0 unspecified atom stereocenters. The standard InChI is InChI=1S/C26H24ClIN4O5/c1-3-17-6-4-5-7-21(17)31-25(34)26(35)32-29-14-16-12-20(28)24(22(13-16)36-2)37-15-23(33)30-19-10-8-18(27)9-11-19/h4-14H,3,15H2,1-2H3,(H,30,33)(H,31,34)(H,32,35)/b29-14-. The van der Waals surface area contributed by atoms with Gasteiger partial charge in [0.05, 0.1) is 16.9 Å². The first-order valence-electron chi connectivity index (χ1n) is 11.1. The molecular weight excluding hydrogens is 611 g/mol. The second kappa shape index (κ2) is 13.6. The lowest BCUT2D eigenvalue weighted by Crippen LogP contribution is -2.32. The van der Waals surface area contributed by atoms with Crippen LogP contribution in [0.5, 0.6) is 11.5 Å². The Morgan fingerprint density at radius 2 is 1.76 bits per heavy atom. The van der Waals surface area contributed by atoms with Gasteiger partial charge >= 0.3 is 11.8 Å². The lowest BCUT2D eigenvalue weighted by Gasteiger charge is -2.13. The van der Waals surface area contributed by atoms with Gasteiger partial charge in [-0.1, -0.05) is 36.7 Å². The third-order valence-corrected chi connectivity index (χ3v) is 6.01. The number of nitrogens with one attached hydrogen (secondary N) is 3. The van der Waals surface area contributed by atoms with Crippen LogP contribution in [0.25, 0.3) is 0 Å². The number of carbonyl (C=O) groups excluding carboxylic acids is 3. The quantitative estimate of drug-likeness (QED) is 0.137. The Morgan fingerprint density at radius 1 is 1.03 bits per heavy atom. The number of halogens is 2. The van der Waals surface area contributed by atoms with Crippen molar-refractivity contribution >= 4 is 69.5 Å². The maximum absolute atomic E-state index is 12.3. The predicted molar refractivity (Wildman–Crippen MR) is 151 cm³/mol. The molecule has 0 atom stereocenters. The number of anilines is 2. The molecule has 0 saturated heterocycles. The highest BCUT2D eigenvalue weighted by molar-refractivity contribution is 14.1. The van der Waals surface area contributed by atoms with E-state index in [0.29, 0.717) is 43.5 Å². The smallest absolute Gasteiger partial charge is 0.329 e. The average molecular weight is 635 g/mol. The molecular formula is C26H24ClIN4O5. The largest absolute Gasteiger partial charge is 0.493 e. The van der Waals surface area contributed by atoms with Crippen LogP contribution in [0.2, 0.25) is 5.02 Å². The van der Waals surface area contributed by atoms with Gasteiger partial charge in [-0.2, -0.15) is 5.10 Å². The van der Waals surface area contributed by atoms with Crippen molar-refractivity contribution < 1.29 is 23.9 Å². The number of carbonyl (C=O) groups is 3. The van der Waals surface area contributed by atoms with Gasteiger partial charge in [0, 0.05) is 16.4 Å². The molecule has 3 N–H and O–H groups in total. The normalized spacial score (nSPS) is 10.6. The van der Waals surface area contributed by atoms with E-state index in [0.717, 1.165) is 5.56 Å². The van der Waals surface area contributed by atoms with E-state index in [1.807, 2.05) is 41.6 Å². The maximum Gasteiger partial charge on any atom is 0.329 e. The summed E-state index contributed by atoms with van der Waals surface area (Å²) >= 11 is 7.89. The van der Waals surface area contributed by atoms with E-state index < -0.39 is 11.8 Å². The monoisotopic (exact) mass is 634 g/mol. The lowest BCUT2D eigenvalue weighted by atomic mass is 10.1. The van der Waals surface area contributed by atoms with Gasteiger partial charge in [0.2, 0.25) is 0 Å². The molecule has 0 spiro atoms. The fourth-order valence-electron chi connectivity index (χ4n) is 3.17. The summed E-state index contributed by atoms with van der Waals surface area (Å²) in [5, 5.41) is 9.73. The van der Waals surface area contributed by atoms with Crippen molar-refractivity contribution in [1.29, 1.82) is 0 Å². The van der Waals surface area contributed by atoms with Gasteiger partial charge in [0.15, 0.2) is 18.1 Å². The van der Waals surface area contributed by atoms with Gasteiger partial charge in [-0.25, -0.2) is 5.43 Å². The van der Waals surface area contributed by atoms with E-state index >= 15 is 0 Å². The molecule has 0 aliphatic heterocycles. The van der Waals surface area contributed by atoms with Crippen molar-refractivity contribution in [3.05, 3.63) is 80.4 Å². The second-order valence-corrected chi connectivity index (χ2v) is 9.14. The average Bonchev–Trinajstić information content (AvgIpc) is 2.89. The number of ether oxygens (including phenoxy) is 2. The number of para-hydroxylation sites is 1. The van der Waals surface area contributed by atoms with E-state index in [-0.39, 0.29) is 12.5 Å². The summed E-state index contributed by atoms with van der Waals surface area (Å²) in [6.07, 6.45) is 2.08. The summed E-state index contributed by atoms with van der Waals surface area (Å²) in [6, 6.07) is 17.3. The third-order valence-electron chi connectivity index (χ3n) is 4.96. The van der Waals surface area contributed by atoms with Crippen molar-refractivity contribution in [2.75, 3.05) is 24.4 Å². The van der Waals surface area contributed by atoms with Gasteiger partial charge in [0.1, 0.15) is 0 Å². The number of hydrogen-bond donors (Lipinski definition) is 3. The topological polar surface area (TPSA) is 118 Å². The van der Waals surface area contributed by atoms with Crippen LogP contribution in [0.1, 0.15) is 18.1 Å². The molecule has 0 bridgehead atoms. The summed E-state index contributed by atoms with van der Waals surface area (Å²) < 4.78 is 11.7. The molecule has 192 valence electrons. The van der Waals surface area contributed by atoms with Gasteiger partial charge in [0.25, 0.3) is 5.91 Å². The summed E-state index contributed by atoms with van der Waals surface area (Å²) in [4.78, 5) is 36.6. The van der Waals surface area contributed by atoms with Crippen LogP contribution in [0.15, 0.2) is 65.8 Å². The van der Waals surface area contributed by atoms with E-state index in [4.69, 9.17) is 21.1 Å². The Hall–Kier alpha value is -3.64. The van der Waals surface area contributed by atoms with Crippen molar-refractivity contribution in [3.63, 3.8) is 0 Å². The number of hydrogen-bond acceptors (Lipinski definition) is 6. The number of aryl methyl sites for hydroxylation is 1. The first-order chi connectivity index (χ1) is 17.8. The molecule has 0 heterocycles.